The van der Waals surface area contributed by atoms with Crippen LogP contribution in [0.5, 0.6) is 0 Å². The largest absolute Gasteiger partial charge is 0.0654 e. The van der Waals surface area contributed by atoms with E-state index in [1.807, 2.05) is 0 Å². The molecule has 0 amide bonds. The van der Waals surface area contributed by atoms with Crippen LogP contribution in [0.3, 0.4) is 0 Å². The minimum atomic E-state index is 0.960. The molecule has 0 saturated carbocycles. The third kappa shape index (κ3) is 12.1. The van der Waals surface area contributed by atoms with Crippen molar-refractivity contribution in [1.82, 2.24) is 0 Å². The highest BCUT2D eigenvalue weighted by Crippen LogP contribution is 2.16. The average molecular weight is 225 g/mol. The van der Waals surface area contributed by atoms with Crippen molar-refractivity contribution < 1.29 is 0 Å². The lowest BCUT2D eigenvalue weighted by atomic mass is 9.98. The first-order chi connectivity index (χ1) is 7.81. The normalized spacial score (nSPS) is 12.9. The van der Waals surface area contributed by atoms with Gasteiger partial charge in [0.2, 0.25) is 0 Å². The average Bonchev–Trinajstić information content (AvgIpc) is 2.27. The van der Waals surface area contributed by atoms with Crippen LogP contribution in [0, 0.1) is 12.8 Å². The molecule has 0 aromatic heterocycles. The van der Waals surface area contributed by atoms with Crippen molar-refractivity contribution in [2.24, 2.45) is 5.92 Å². The molecule has 0 aliphatic rings. The molecule has 0 aromatic carbocycles. The highest BCUT2D eigenvalue weighted by molar-refractivity contribution is 4.53. The fourth-order valence-electron chi connectivity index (χ4n) is 2.37. The summed E-state index contributed by atoms with van der Waals surface area (Å²) in [6.07, 6.45) is 16.8. The van der Waals surface area contributed by atoms with Gasteiger partial charge in [0, 0.05) is 0 Å². The molecule has 0 rings (SSSR count). The standard InChI is InChI=1S/C16H33/c1-4-6-7-8-9-10-11-12-13-15-16(3)14-5-2/h16H,1,4-15H2,2-3H3. The molecule has 97 valence electrons. The van der Waals surface area contributed by atoms with E-state index < -0.39 is 0 Å². The Kier molecular flexibility index (Phi) is 13.1. The van der Waals surface area contributed by atoms with E-state index in [0.717, 1.165) is 12.3 Å². The van der Waals surface area contributed by atoms with Gasteiger partial charge in [-0.25, -0.2) is 0 Å². The van der Waals surface area contributed by atoms with E-state index in [-0.39, 0.29) is 0 Å². The van der Waals surface area contributed by atoms with Crippen molar-refractivity contribution >= 4 is 0 Å². The van der Waals surface area contributed by atoms with Crippen molar-refractivity contribution in [3.8, 4) is 0 Å². The Hall–Kier alpha value is 0. The number of rotatable bonds is 12. The van der Waals surface area contributed by atoms with Crippen molar-refractivity contribution in [3.05, 3.63) is 6.92 Å². The van der Waals surface area contributed by atoms with Crippen molar-refractivity contribution in [3.63, 3.8) is 0 Å². The van der Waals surface area contributed by atoms with E-state index in [9.17, 15) is 0 Å². The van der Waals surface area contributed by atoms with Crippen LogP contribution in [-0.4, -0.2) is 0 Å². The molecule has 0 aliphatic heterocycles. The molecule has 0 nitrogen and oxygen atoms in total. The van der Waals surface area contributed by atoms with E-state index >= 15 is 0 Å². The maximum atomic E-state index is 3.88. The molecule has 16 heavy (non-hydrogen) atoms. The Balaban J connectivity index is 2.98. The second kappa shape index (κ2) is 13.1. The van der Waals surface area contributed by atoms with Gasteiger partial charge < -0.3 is 0 Å². The summed E-state index contributed by atoms with van der Waals surface area (Å²) < 4.78 is 0. The predicted molar refractivity (Wildman–Crippen MR) is 75.6 cm³/mol. The zero-order valence-corrected chi connectivity index (χ0v) is 11.8. The third-order valence-electron chi connectivity index (χ3n) is 3.48. The lowest BCUT2D eigenvalue weighted by molar-refractivity contribution is 0.450. The first-order valence-corrected chi connectivity index (χ1v) is 7.60. The fraction of sp³-hybridized carbons (Fsp3) is 0.938. The van der Waals surface area contributed by atoms with Crippen LogP contribution in [-0.2, 0) is 0 Å². The van der Waals surface area contributed by atoms with Gasteiger partial charge in [-0.1, -0.05) is 97.8 Å². The van der Waals surface area contributed by atoms with E-state index in [1.165, 1.54) is 70.6 Å². The van der Waals surface area contributed by atoms with E-state index in [0.29, 0.717) is 0 Å². The molecule has 1 unspecified atom stereocenters. The number of hydrogen-bond donors (Lipinski definition) is 0. The monoisotopic (exact) mass is 225 g/mol. The lowest BCUT2D eigenvalue weighted by Crippen LogP contribution is -1.93. The summed E-state index contributed by atoms with van der Waals surface area (Å²) >= 11 is 0. The quantitative estimate of drug-likeness (QED) is 0.349. The topological polar surface area (TPSA) is 0 Å². The SMILES string of the molecule is [CH2]CCCCCCCCCCC(C)CCC. The Morgan fingerprint density at radius 2 is 1.25 bits per heavy atom. The highest BCUT2D eigenvalue weighted by Gasteiger charge is 1.99. The molecule has 0 fully saturated rings. The molecule has 0 heteroatoms. The summed E-state index contributed by atoms with van der Waals surface area (Å²) in [5.41, 5.74) is 0. The molecule has 0 heterocycles. The maximum absolute atomic E-state index is 3.88. The highest BCUT2D eigenvalue weighted by atomic mass is 14.1. The van der Waals surface area contributed by atoms with Gasteiger partial charge in [-0.15, -0.1) is 0 Å². The molecule has 0 aliphatic carbocycles. The van der Waals surface area contributed by atoms with Gasteiger partial charge in [0.1, 0.15) is 0 Å². The van der Waals surface area contributed by atoms with Crippen molar-refractivity contribution in [1.29, 1.82) is 0 Å². The van der Waals surface area contributed by atoms with Gasteiger partial charge in [0.15, 0.2) is 0 Å². The predicted octanol–water partition coefficient (Wildman–Crippen LogP) is 6.16. The third-order valence-corrected chi connectivity index (χ3v) is 3.48. The minimum Gasteiger partial charge on any atom is -0.0654 e. The zero-order chi connectivity index (χ0) is 12.1. The summed E-state index contributed by atoms with van der Waals surface area (Å²) in [5.74, 6) is 0.960. The van der Waals surface area contributed by atoms with Crippen LogP contribution in [0.4, 0.5) is 0 Å². The molecule has 0 spiro atoms. The Morgan fingerprint density at radius 1 is 0.750 bits per heavy atom. The summed E-state index contributed by atoms with van der Waals surface area (Å²) in [4.78, 5) is 0. The second-order valence-corrected chi connectivity index (χ2v) is 5.36. The maximum Gasteiger partial charge on any atom is -0.0443 e. The molecule has 0 aromatic rings. The van der Waals surface area contributed by atoms with Gasteiger partial charge in [0.25, 0.3) is 0 Å². The fourth-order valence-corrected chi connectivity index (χ4v) is 2.37. The number of unbranched alkanes of at least 4 members (excludes halogenated alkanes) is 8. The van der Waals surface area contributed by atoms with Crippen LogP contribution in [0.25, 0.3) is 0 Å². The van der Waals surface area contributed by atoms with Gasteiger partial charge in [-0.2, -0.15) is 0 Å². The lowest BCUT2D eigenvalue weighted by Gasteiger charge is -2.09. The van der Waals surface area contributed by atoms with Crippen LogP contribution in [0.15, 0.2) is 0 Å². The Morgan fingerprint density at radius 3 is 1.75 bits per heavy atom. The van der Waals surface area contributed by atoms with Crippen LogP contribution in [0.2, 0.25) is 0 Å². The number of hydrogen-bond acceptors (Lipinski definition) is 0. The second-order valence-electron chi connectivity index (χ2n) is 5.36. The molecular weight excluding hydrogens is 192 g/mol. The first kappa shape index (κ1) is 16.0. The first-order valence-electron chi connectivity index (χ1n) is 7.60. The molecule has 0 N–H and O–H groups in total. The van der Waals surface area contributed by atoms with Gasteiger partial charge in [-0.05, 0) is 5.92 Å². The van der Waals surface area contributed by atoms with E-state index in [4.69, 9.17) is 0 Å². The minimum absolute atomic E-state index is 0.960. The van der Waals surface area contributed by atoms with Crippen LogP contribution in [0.1, 0.15) is 90.9 Å². The summed E-state index contributed by atoms with van der Waals surface area (Å²) in [6, 6.07) is 0. The molecule has 1 radical (unpaired) electrons. The summed E-state index contributed by atoms with van der Waals surface area (Å²) in [7, 11) is 0. The smallest absolute Gasteiger partial charge is 0.0443 e. The van der Waals surface area contributed by atoms with E-state index in [1.54, 1.807) is 0 Å². The van der Waals surface area contributed by atoms with Gasteiger partial charge in [0.05, 0.1) is 0 Å². The molecular formula is C16H33. The zero-order valence-electron chi connectivity index (χ0n) is 11.8. The Bertz CT molecular complexity index is 117. The molecule has 0 saturated heterocycles. The van der Waals surface area contributed by atoms with Crippen LogP contribution >= 0.6 is 0 Å². The van der Waals surface area contributed by atoms with Gasteiger partial charge in [-0.3, -0.25) is 0 Å². The summed E-state index contributed by atoms with van der Waals surface area (Å²) in [5, 5.41) is 0. The molecule has 0 bridgehead atoms. The van der Waals surface area contributed by atoms with Crippen molar-refractivity contribution in [2.45, 2.75) is 90.9 Å². The van der Waals surface area contributed by atoms with E-state index in [2.05, 4.69) is 20.8 Å². The van der Waals surface area contributed by atoms with Crippen LogP contribution < -0.4 is 0 Å². The van der Waals surface area contributed by atoms with Crippen molar-refractivity contribution in [2.75, 3.05) is 0 Å². The van der Waals surface area contributed by atoms with Gasteiger partial charge >= 0.3 is 0 Å². The Labute approximate surface area is 104 Å². The summed E-state index contributed by atoms with van der Waals surface area (Å²) in [6.45, 7) is 8.57. The molecule has 1 atom stereocenters.